The van der Waals surface area contributed by atoms with Crippen LogP contribution in [-0.2, 0) is 0 Å². The van der Waals surface area contributed by atoms with Gasteiger partial charge in [-0.1, -0.05) is 42.3 Å². The van der Waals surface area contributed by atoms with Gasteiger partial charge >= 0.3 is 0 Å². The Hall–Kier alpha value is -0.0100. The Morgan fingerprint density at radius 3 is 2.42 bits per heavy atom. The second-order valence-electron chi connectivity index (χ2n) is 6.75. The lowest BCUT2D eigenvalue weighted by Gasteiger charge is -2.33. The SMILES string of the molecule is Cc1cc(C)c(C(Cl)C2CCCC2(C)C)c(C)c1Br. The molecule has 1 aliphatic rings. The summed E-state index contributed by atoms with van der Waals surface area (Å²) in [6.07, 6.45) is 3.86. The fourth-order valence-corrected chi connectivity index (χ4v) is 4.83. The number of rotatable bonds is 2. The first-order valence-corrected chi connectivity index (χ1v) is 8.39. The van der Waals surface area contributed by atoms with Gasteiger partial charge < -0.3 is 0 Å². The Morgan fingerprint density at radius 2 is 1.89 bits per heavy atom. The van der Waals surface area contributed by atoms with E-state index in [0.29, 0.717) is 11.3 Å². The fourth-order valence-electron chi connectivity index (χ4n) is 3.70. The second kappa shape index (κ2) is 5.41. The molecule has 0 radical (unpaired) electrons. The zero-order chi connectivity index (χ0) is 14.4. The molecule has 2 rings (SSSR count). The number of hydrogen-bond acceptors (Lipinski definition) is 0. The lowest BCUT2D eigenvalue weighted by atomic mass is 9.77. The molecule has 19 heavy (non-hydrogen) atoms. The number of alkyl halides is 1. The summed E-state index contributed by atoms with van der Waals surface area (Å²) in [4.78, 5) is 0. The van der Waals surface area contributed by atoms with E-state index in [4.69, 9.17) is 11.6 Å². The molecule has 2 unspecified atom stereocenters. The summed E-state index contributed by atoms with van der Waals surface area (Å²) in [6.45, 7) is 11.3. The van der Waals surface area contributed by atoms with Crippen molar-refractivity contribution >= 4 is 27.5 Å². The molecule has 0 heterocycles. The van der Waals surface area contributed by atoms with Crippen molar-refractivity contribution in [2.75, 3.05) is 0 Å². The monoisotopic (exact) mass is 342 g/mol. The third kappa shape index (κ3) is 2.74. The van der Waals surface area contributed by atoms with Crippen molar-refractivity contribution in [1.29, 1.82) is 0 Å². The molecule has 0 spiro atoms. The summed E-state index contributed by atoms with van der Waals surface area (Å²) in [5, 5.41) is 0.134. The molecule has 1 aromatic carbocycles. The summed E-state index contributed by atoms with van der Waals surface area (Å²) in [5.41, 5.74) is 5.66. The number of benzene rings is 1. The normalized spacial score (nSPS) is 23.6. The number of halogens is 2. The Bertz CT molecular complexity index is 491. The quantitative estimate of drug-likeness (QED) is 0.539. The lowest BCUT2D eigenvalue weighted by Crippen LogP contribution is -2.22. The van der Waals surface area contributed by atoms with Gasteiger partial charge in [-0.15, -0.1) is 11.6 Å². The molecule has 0 aromatic heterocycles. The number of hydrogen-bond donors (Lipinski definition) is 0. The molecule has 106 valence electrons. The third-order valence-electron chi connectivity index (χ3n) is 4.91. The van der Waals surface area contributed by atoms with E-state index in [1.165, 1.54) is 46.0 Å². The third-order valence-corrected chi connectivity index (χ3v) is 6.65. The van der Waals surface area contributed by atoms with Crippen LogP contribution in [0.3, 0.4) is 0 Å². The maximum atomic E-state index is 6.91. The van der Waals surface area contributed by atoms with E-state index in [0.717, 1.165) is 0 Å². The van der Waals surface area contributed by atoms with E-state index < -0.39 is 0 Å². The van der Waals surface area contributed by atoms with Gasteiger partial charge in [-0.05, 0) is 67.2 Å². The van der Waals surface area contributed by atoms with Crippen LogP contribution in [0.5, 0.6) is 0 Å². The standard InChI is InChI=1S/C17H24BrCl/c1-10-9-11(2)15(18)12(3)14(10)16(19)13-7-6-8-17(13,4)5/h9,13,16H,6-8H2,1-5H3. The van der Waals surface area contributed by atoms with E-state index in [9.17, 15) is 0 Å². The molecule has 0 aliphatic heterocycles. The highest BCUT2D eigenvalue weighted by Gasteiger charge is 2.40. The summed E-state index contributed by atoms with van der Waals surface area (Å²) in [5.74, 6) is 0.584. The minimum absolute atomic E-state index is 0.134. The zero-order valence-electron chi connectivity index (χ0n) is 12.6. The van der Waals surface area contributed by atoms with Gasteiger partial charge in [-0.3, -0.25) is 0 Å². The highest BCUT2D eigenvalue weighted by Crippen LogP contribution is 2.52. The lowest BCUT2D eigenvalue weighted by molar-refractivity contribution is 0.251. The van der Waals surface area contributed by atoms with Crippen molar-refractivity contribution in [3.05, 3.63) is 32.8 Å². The maximum absolute atomic E-state index is 6.91. The van der Waals surface area contributed by atoms with Gasteiger partial charge in [0.2, 0.25) is 0 Å². The van der Waals surface area contributed by atoms with Crippen LogP contribution >= 0.6 is 27.5 Å². The van der Waals surface area contributed by atoms with Gasteiger partial charge in [0.1, 0.15) is 0 Å². The van der Waals surface area contributed by atoms with Gasteiger partial charge in [0.25, 0.3) is 0 Å². The Balaban J connectivity index is 2.45. The largest absolute Gasteiger partial charge is 0.117 e. The first kappa shape index (κ1) is 15.4. The first-order valence-electron chi connectivity index (χ1n) is 7.16. The predicted octanol–water partition coefficient (Wildman–Crippen LogP) is 6.48. The highest BCUT2D eigenvalue weighted by molar-refractivity contribution is 9.10. The molecule has 1 aliphatic carbocycles. The van der Waals surface area contributed by atoms with E-state index in [-0.39, 0.29) is 5.38 Å². The van der Waals surface area contributed by atoms with E-state index >= 15 is 0 Å². The van der Waals surface area contributed by atoms with Crippen molar-refractivity contribution in [2.45, 2.75) is 59.3 Å². The predicted molar refractivity (Wildman–Crippen MR) is 88.1 cm³/mol. The maximum Gasteiger partial charge on any atom is 0.0624 e. The van der Waals surface area contributed by atoms with Crippen LogP contribution in [0.4, 0.5) is 0 Å². The Kier molecular flexibility index (Phi) is 4.38. The minimum atomic E-state index is 0.134. The summed E-state index contributed by atoms with van der Waals surface area (Å²) >= 11 is 10.6. The van der Waals surface area contributed by atoms with Crippen molar-refractivity contribution in [3.8, 4) is 0 Å². The van der Waals surface area contributed by atoms with Gasteiger partial charge in [0, 0.05) is 4.47 Å². The molecule has 0 saturated heterocycles. The van der Waals surface area contributed by atoms with Crippen LogP contribution in [-0.4, -0.2) is 0 Å². The molecular formula is C17H24BrCl. The van der Waals surface area contributed by atoms with Crippen LogP contribution < -0.4 is 0 Å². The van der Waals surface area contributed by atoms with Crippen LogP contribution in [0, 0.1) is 32.1 Å². The van der Waals surface area contributed by atoms with Crippen molar-refractivity contribution in [2.24, 2.45) is 11.3 Å². The average Bonchev–Trinajstić information content (AvgIpc) is 2.66. The van der Waals surface area contributed by atoms with Crippen molar-refractivity contribution in [3.63, 3.8) is 0 Å². The van der Waals surface area contributed by atoms with E-state index in [1.54, 1.807) is 0 Å². The molecule has 0 N–H and O–H groups in total. The molecule has 1 saturated carbocycles. The molecular weight excluding hydrogens is 320 g/mol. The highest BCUT2D eigenvalue weighted by atomic mass is 79.9. The summed E-state index contributed by atoms with van der Waals surface area (Å²) in [6, 6.07) is 2.25. The van der Waals surface area contributed by atoms with Crippen LogP contribution in [0.25, 0.3) is 0 Å². The molecule has 2 atom stereocenters. The molecule has 0 bridgehead atoms. The van der Waals surface area contributed by atoms with E-state index in [1.807, 2.05) is 0 Å². The first-order chi connectivity index (χ1) is 8.75. The topological polar surface area (TPSA) is 0 Å². The average molecular weight is 344 g/mol. The van der Waals surface area contributed by atoms with E-state index in [2.05, 4.69) is 56.6 Å². The van der Waals surface area contributed by atoms with Crippen molar-refractivity contribution in [1.82, 2.24) is 0 Å². The van der Waals surface area contributed by atoms with Gasteiger partial charge in [-0.25, -0.2) is 0 Å². The molecule has 1 aromatic rings. The smallest absolute Gasteiger partial charge is 0.0624 e. The molecule has 1 fully saturated rings. The molecule has 2 heteroatoms. The zero-order valence-corrected chi connectivity index (χ0v) is 15.0. The Labute approximate surface area is 131 Å². The summed E-state index contributed by atoms with van der Waals surface area (Å²) in [7, 11) is 0. The Morgan fingerprint density at radius 1 is 1.26 bits per heavy atom. The van der Waals surface area contributed by atoms with Crippen LogP contribution in [0.15, 0.2) is 10.5 Å². The molecule has 0 nitrogen and oxygen atoms in total. The van der Waals surface area contributed by atoms with Gasteiger partial charge in [0.05, 0.1) is 5.38 Å². The summed E-state index contributed by atoms with van der Waals surface area (Å²) < 4.78 is 1.22. The second-order valence-corrected chi connectivity index (χ2v) is 8.02. The van der Waals surface area contributed by atoms with Gasteiger partial charge in [0.15, 0.2) is 0 Å². The van der Waals surface area contributed by atoms with Crippen LogP contribution in [0.1, 0.15) is 60.7 Å². The number of aryl methyl sites for hydroxylation is 2. The van der Waals surface area contributed by atoms with Crippen molar-refractivity contribution < 1.29 is 0 Å². The minimum Gasteiger partial charge on any atom is -0.117 e. The van der Waals surface area contributed by atoms with Crippen LogP contribution in [0.2, 0.25) is 0 Å². The van der Waals surface area contributed by atoms with Gasteiger partial charge in [-0.2, -0.15) is 0 Å². The molecule has 0 amide bonds. The fraction of sp³-hybridized carbons (Fsp3) is 0.647.